The Morgan fingerprint density at radius 3 is 2.50 bits per heavy atom. The summed E-state index contributed by atoms with van der Waals surface area (Å²) < 4.78 is 52.2. The number of alkyl halides is 3. The van der Waals surface area contributed by atoms with Crippen molar-refractivity contribution in [2.75, 3.05) is 0 Å². The second-order valence-corrected chi connectivity index (χ2v) is 7.81. The highest BCUT2D eigenvalue weighted by Crippen LogP contribution is 2.33. The van der Waals surface area contributed by atoms with Crippen molar-refractivity contribution in [1.82, 2.24) is 15.5 Å². The average molecular weight is 475 g/mol. The Labute approximate surface area is 190 Å². The number of carbonyl (C=O) groups excluding carboxylic acids is 4. The summed E-state index contributed by atoms with van der Waals surface area (Å²) in [4.78, 5) is 50.4. The van der Waals surface area contributed by atoms with Crippen LogP contribution >= 0.6 is 0 Å². The minimum Gasteiger partial charge on any atom is -0.381 e. The quantitative estimate of drug-likeness (QED) is 0.512. The van der Waals surface area contributed by atoms with Gasteiger partial charge >= 0.3 is 6.18 Å². The smallest absolute Gasteiger partial charge is 0.381 e. The fourth-order valence-corrected chi connectivity index (χ4v) is 3.97. The van der Waals surface area contributed by atoms with Gasteiger partial charge in [0.15, 0.2) is 0 Å². The molecule has 0 aliphatic carbocycles. The van der Waals surface area contributed by atoms with E-state index in [2.05, 4.69) is 17.2 Å². The third-order valence-corrected chi connectivity index (χ3v) is 5.67. The van der Waals surface area contributed by atoms with Crippen molar-refractivity contribution in [2.24, 2.45) is 0 Å². The van der Waals surface area contributed by atoms with E-state index in [1.807, 2.05) is 0 Å². The van der Waals surface area contributed by atoms with E-state index in [0.29, 0.717) is 17.7 Å². The Balaban J connectivity index is 1.53. The molecule has 2 aromatic rings. The number of imide groups is 2. The second kappa shape index (κ2) is 8.40. The monoisotopic (exact) mass is 475 g/mol. The van der Waals surface area contributed by atoms with E-state index in [1.54, 1.807) is 6.07 Å². The SMILES string of the molecule is C=C(NCc1cccc2c1C(=O)N(C1CCC(=O)NC1=O)C2=O)c1ccc(C(F)(F)F)c(F)c1. The van der Waals surface area contributed by atoms with Crippen molar-refractivity contribution in [1.29, 1.82) is 0 Å². The summed E-state index contributed by atoms with van der Waals surface area (Å²) in [7, 11) is 0. The van der Waals surface area contributed by atoms with Crippen LogP contribution in [-0.2, 0) is 22.3 Å². The standard InChI is InChI=1S/C23H17F4N3O4/c1-11(12-5-6-15(16(24)9-12)23(25,26)27)28-10-13-3-2-4-14-19(13)22(34)30(21(14)33)17-7-8-18(31)29-20(17)32/h2-6,9,17,28H,1,7-8,10H2,(H,29,31,32). The summed E-state index contributed by atoms with van der Waals surface area (Å²) in [5.74, 6) is -4.03. The molecule has 4 amide bonds. The molecule has 2 aliphatic rings. The molecule has 1 atom stereocenters. The lowest BCUT2D eigenvalue weighted by Gasteiger charge is -2.27. The topological polar surface area (TPSA) is 95.6 Å². The Kier molecular flexibility index (Phi) is 5.72. The van der Waals surface area contributed by atoms with Crippen LogP contribution < -0.4 is 10.6 Å². The van der Waals surface area contributed by atoms with E-state index >= 15 is 0 Å². The second-order valence-electron chi connectivity index (χ2n) is 7.81. The van der Waals surface area contributed by atoms with Gasteiger partial charge in [-0.25, -0.2) is 4.39 Å². The number of carbonyl (C=O) groups is 4. The number of hydrogen-bond donors (Lipinski definition) is 2. The molecule has 1 unspecified atom stereocenters. The molecule has 2 N–H and O–H groups in total. The number of fused-ring (bicyclic) bond motifs is 1. The van der Waals surface area contributed by atoms with Crippen LogP contribution in [0.25, 0.3) is 5.70 Å². The number of nitrogens with zero attached hydrogens (tertiary/aromatic N) is 1. The number of benzene rings is 2. The Bertz CT molecular complexity index is 1260. The molecule has 0 spiro atoms. The van der Waals surface area contributed by atoms with Gasteiger partial charge in [0.05, 0.1) is 16.7 Å². The number of piperidine rings is 1. The number of rotatable bonds is 5. The molecular formula is C23H17F4N3O4. The number of hydrogen-bond acceptors (Lipinski definition) is 5. The third-order valence-electron chi connectivity index (χ3n) is 5.67. The fraction of sp³-hybridized carbons (Fsp3) is 0.217. The van der Waals surface area contributed by atoms with Crippen molar-refractivity contribution in [3.63, 3.8) is 0 Å². The van der Waals surface area contributed by atoms with Gasteiger partial charge in [0.25, 0.3) is 11.8 Å². The highest BCUT2D eigenvalue weighted by atomic mass is 19.4. The number of halogens is 4. The summed E-state index contributed by atoms with van der Waals surface area (Å²) in [6.07, 6.45) is -4.83. The Morgan fingerprint density at radius 1 is 1.12 bits per heavy atom. The molecule has 1 saturated heterocycles. The van der Waals surface area contributed by atoms with Gasteiger partial charge in [-0.2, -0.15) is 13.2 Å². The first-order valence-electron chi connectivity index (χ1n) is 10.1. The molecule has 34 heavy (non-hydrogen) atoms. The summed E-state index contributed by atoms with van der Waals surface area (Å²) in [6, 6.07) is 5.79. The van der Waals surface area contributed by atoms with E-state index in [9.17, 15) is 36.7 Å². The summed E-state index contributed by atoms with van der Waals surface area (Å²) in [6.45, 7) is 3.65. The zero-order chi connectivity index (χ0) is 24.8. The van der Waals surface area contributed by atoms with Crippen LogP contribution in [0, 0.1) is 5.82 Å². The molecular weight excluding hydrogens is 458 g/mol. The zero-order valence-electron chi connectivity index (χ0n) is 17.5. The normalized spacial score (nSPS) is 18.1. The zero-order valence-corrected chi connectivity index (χ0v) is 17.5. The summed E-state index contributed by atoms with van der Waals surface area (Å²) in [5.41, 5.74) is -0.701. The van der Waals surface area contributed by atoms with E-state index < -0.39 is 47.2 Å². The molecule has 2 heterocycles. The van der Waals surface area contributed by atoms with E-state index in [-0.39, 0.29) is 41.8 Å². The van der Waals surface area contributed by atoms with Crippen molar-refractivity contribution < 1.29 is 36.7 Å². The first-order valence-corrected chi connectivity index (χ1v) is 10.1. The molecule has 11 heteroatoms. The third kappa shape index (κ3) is 4.04. The van der Waals surface area contributed by atoms with Crippen LogP contribution in [0.15, 0.2) is 43.0 Å². The van der Waals surface area contributed by atoms with E-state index in [0.717, 1.165) is 11.0 Å². The maximum absolute atomic E-state index is 13.9. The van der Waals surface area contributed by atoms with Gasteiger partial charge in [-0.15, -0.1) is 0 Å². The lowest BCUT2D eigenvalue weighted by molar-refractivity contribution is -0.140. The summed E-state index contributed by atoms with van der Waals surface area (Å²) in [5, 5.41) is 4.94. The number of amides is 4. The Hall–Kier alpha value is -4.02. The van der Waals surface area contributed by atoms with Crippen LogP contribution in [0.4, 0.5) is 17.6 Å². The molecule has 176 valence electrons. The van der Waals surface area contributed by atoms with Crippen LogP contribution in [0.5, 0.6) is 0 Å². The fourth-order valence-electron chi connectivity index (χ4n) is 3.97. The molecule has 0 aromatic heterocycles. The van der Waals surface area contributed by atoms with Crippen molar-refractivity contribution >= 4 is 29.3 Å². The van der Waals surface area contributed by atoms with Crippen molar-refractivity contribution in [2.45, 2.75) is 31.6 Å². The van der Waals surface area contributed by atoms with Crippen molar-refractivity contribution in [3.8, 4) is 0 Å². The molecule has 0 bridgehead atoms. The van der Waals surface area contributed by atoms with E-state index in [1.165, 1.54) is 12.1 Å². The predicted octanol–water partition coefficient (Wildman–Crippen LogP) is 3.01. The number of nitrogens with one attached hydrogen (secondary N) is 2. The lowest BCUT2D eigenvalue weighted by Crippen LogP contribution is -2.54. The van der Waals surface area contributed by atoms with Gasteiger partial charge < -0.3 is 5.32 Å². The van der Waals surface area contributed by atoms with Gasteiger partial charge in [-0.1, -0.05) is 24.8 Å². The van der Waals surface area contributed by atoms with Gasteiger partial charge in [0.1, 0.15) is 11.9 Å². The Morgan fingerprint density at radius 2 is 1.85 bits per heavy atom. The van der Waals surface area contributed by atoms with Crippen LogP contribution in [0.1, 0.15) is 50.2 Å². The molecule has 7 nitrogen and oxygen atoms in total. The van der Waals surface area contributed by atoms with Crippen LogP contribution in [0.2, 0.25) is 0 Å². The highest BCUT2D eigenvalue weighted by molar-refractivity contribution is 6.24. The van der Waals surface area contributed by atoms with Gasteiger partial charge in [0.2, 0.25) is 11.8 Å². The van der Waals surface area contributed by atoms with Crippen LogP contribution in [-0.4, -0.2) is 34.6 Å². The first-order chi connectivity index (χ1) is 16.0. The first kappa shape index (κ1) is 23.1. The minimum atomic E-state index is -4.83. The van der Waals surface area contributed by atoms with E-state index in [4.69, 9.17) is 0 Å². The van der Waals surface area contributed by atoms with Crippen molar-refractivity contribution in [3.05, 3.63) is 76.6 Å². The molecule has 4 rings (SSSR count). The minimum absolute atomic E-state index is 0.0122. The maximum atomic E-state index is 13.9. The van der Waals surface area contributed by atoms with Crippen LogP contribution in [0.3, 0.4) is 0 Å². The van der Waals surface area contributed by atoms with Gasteiger partial charge in [0, 0.05) is 18.7 Å². The molecule has 2 aliphatic heterocycles. The molecule has 0 saturated carbocycles. The highest BCUT2D eigenvalue weighted by Gasteiger charge is 2.45. The van der Waals surface area contributed by atoms with Gasteiger partial charge in [-0.05, 0) is 35.7 Å². The lowest BCUT2D eigenvalue weighted by atomic mass is 10.0. The molecule has 1 fully saturated rings. The molecule has 0 radical (unpaired) electrons. The molecule has 2 aromatic carbocycles. The maximum Gasteiger partial charge on any atom is 0.419 e. The van der Waals surface area contributed by atoms with Gasteiger partial charge in [-0.3, -0.25) is 29.4 Å². The average Bonchev–Trinajstić information content (AvgIpc) is 3.02. The predicted molar refractivity (Wildman–Crippen MR) is 110 cm³/mol. The summed E-state index contributed by atoms with van der Waals surface area (Å²) >= 11 is 0. The largest absolute Gasteiger partial charge is 0.419 e.